The predicted molar refractivity (Wildman–Crippen MR) is 145 cm³/mol. The van der Waals surface area contributed by atoms with Crippen molar-refractivity contribution >= 4 is 28.3 Å². The van der Waals surface area contributed by atoms with Crippen molar-refractivity contribution in [1.82, 2.24) is 19.9 Å². The SMILES string of the molecule is NC(=O)C1CCN(CCc2nc(Nc3ccc(C(F)(F)F)cc3)c3ccc(-c4ncccc4C(F)(F)F)cc3n2)CC1. The molecule has 0 atom stereocenters. The largest absolute Gasteiger partial charge is 0.418 e. The first-order valence-electron chi connectivity index (χ1n) is 13.2. The molecular formula is C29H26F6N6O. The number of nitrogens with one attached hydrogen (secondary N) is 1. The lowest BCUT2D eigenvalue weighted by Gasteiger charge is -2.30. The van der Waals surface area contributed by atoms with E-state index < -0.39 is 23.5 Å². The first-order chi connectivity index (χ1) is 19.9. The van der Waals surface area contributed by atoms with Gasteiger partial charge < -0.3 is 16.0 Å². The van der Waals surface area contributed by atoms with Crippen LogP contribution in [0.2, 0.25) is 0 Å². The number of benzene rings is 2. The Hall–Kier alpha value is -4.26. The van der Waals surface area contributed by atoms with Crippen LogP contribution in [0.25, 0.3) is 22.2 Å². The number of pyridine rings is 1. The summed E-state index contributed by atoms with van der Waals surface area (Å²) in [6.07, 6.45) is -6.16. The van der Waals surface area contributed by atoms with Crippen LogP contribution >= 0.6 is 0 Å². The predicted octanol–water partition coefficient (Wildman–Crippen LogP) is 6.21. The molecule has 4 aromatic rings. The summed E-state index contributed by atoms with van der Waals surface area (Å²) in [6.45, 7) is 1.90. The Morgan fingerprint density at radius 2 is 1.67 bits per heavy atom. The van der Waals surface area contributed by atoms with Crippen LogP contribution in [0.1, 0.15) is 29.8 Å². The van der Waals surface area contributed by atoms with Crippen LogP contribution in [0, 0.1) is 5.92 Å². The van der Waals surface area contributed by atoms with Gasteiger partial charge >= 0.3 is 12.4 Å². The highest BCUT2D eigenvalue weighted by atomic mass is 19.4. The fourth-order valence-electron chi connectivity index (χ4n) is 4.97. The van der Waals surface area contributed by atoms with E-state index in [1.807, 2.05) is 0 Å². The van der Waals surface area contributed by atoms with Gasteiger partial charge in [0.05, 0.1) is 22.3 Å². The zero-order valence-corrected chi connectivity index (χ0v) is 22.1. The van der Waals surface area contributed by atoms with Crippen LogP contribution < -0.4 is 11.1 Å². The summed E-state index contributed by atoms with van der Waals surface area (Å²) in [4.78, 5) is 26.8. The Kier molecular flexibility index (Phi) is 8.04. The third kappa shape index (κ3) is 6.62. The van der Waals surface area contributed by atoms with Crippen molar-refractivity contribution in [3.05, 3.63) is 77.7 Å². The zero-order chi connectivity index (χ0) is 30.1. The molecule has 13 heteroatoms. The fourth-order valence-corrected chi connectivity index (χ4v) is 4.97. The van der Waals surface area contributed by atoms with Gasteiger partial charge in [-0.05, 0) is 74.5 Å². The monoisotopic (exact) mass is 588 g/mol. The maximum Gasteiger partial charge on any atom is 0.418 e. The van der Waals surface area contributed by atoms with E-state index in [-0.39, 0.29) is 23.1 Å². The van der Waals surface area contributed by atoms with E-state index in [0.29, 0.717) is 67.1 Å². The number of nitrogens with zero attached hydrogens (tertiary/aromatic N) is 4. The highest BCUT2D eigenvalue weighted by molar-refractivity contribution is 5.93. The van der Waals surface area contributed by atoms with Crippen molar-refractivity contribution in [3.8, 4) is 11.3 Å². The Morgan fingerprint density at radius 3 is 2.31 bits per heavy atom. The molecule has 1 aliphatic rings. The van der Waals surface area contributed by atoms with Crippen molar-refractivity contribution in [2.75, 3.05) is 25.0 Å². The lowest BCUT2D eigenvalue weighted by atomic mass is 9.96. The Labute approximate surface area is 236 Å². The molecule has 0 unspecified atom stereocenters. The number of nitrogens with two attached hydrogens (primary N) is 1. The molecule has 3 heterocycles. The fraction of sp³-hybridized carbons (Fsp3) is 0.310. The number of amides is 1. The molecule has 42 heavy (non-hydrogen) atoms. The third-order valence-corrected chi connectivity index (χ3v) is 7.25. The van der Waals surface area contributed by atoms with Crippen molar-refractivity contribution < 1.29 is 31.1 Å². The Morgan fingerprint density at radius 1 is 0.952 bits per heavy atom. The number of hydrogen-bond acceptors (Lipinski definition) is 6. The molecule has 220 valence electrons. The number of halogens is 6. The third-order valence-electron chi connectivity index (χ3n) is 7.25. The number of alkyl halides is 6. The molecule has 5 rings (SSSR count). The molecule has 1 aliphatic heterocycles. The van der Waals surface area contributed by atoms with Gasteiger partial charge in [-0.25, -0.2) is 9.97 Å². The second kappa shape index (κ2) is 11.6. The van der Waals surface area contributed by atoms with Gasteiger partial charge in [0.1, 0.15) is 11.6 Å². The second-order valence-corrected chi connectivity index (χ2v) is 10.1. The van der Waals surface area contributed by atoms with Crippen LogP contribution in [-0.4, -0.2) is 45.4 Å². The van der Waals surface area contributed by atoms with Crippen molar-refractivity contribution in [2.45, 2.75) is 31.6 Å². The van der Waals surface area contributed by atoms with Gasteiger partial charge in [0.15, 0.2) is 0 Å². The molecule has 2 aromatic heterocycles. The summed E-state index contributed by atoms with van der Waals surface area (Å²) >= 11 is 0. The minimum Gasteiger partial charge on any atom is -0.369 e. The van der Waals surface area contributed by atoms with Crippen LogP contribution in [0.5, 0.6) is 0 Å². The topological polar surface area (TPSA) is 97.0 Å². The highest BCUT2D eigenvalue weighted by Gasteiger charge is 2.34. The standard InChI is InChI=1S/C29H26F6N6O/c30-28(31,32)19-4-6-20(7-5-19)38-27-21-8-3-18(25-22(29(33,34)35)2-1-12-37-25)16-23(21)39-24(40-27)11-15-41-13-9-17(10-14-41)26(36)42/h1-8,12,16-17H,9-11,13-15H2,(H2,36,42)(H,38,39,40). The number of carbonyl (C=O) groups excluding carboxylic acids is 1. The molecular weight excluding hydrogens is 562 g/mol. The summed E-state index contributed by atoms with van der Waals surface area (Å²) < 4.78 is 80.2. The first kappa shape index (κ1) is 29.2. The van der Waals surface area contributed by atoms with Crippen LogP contribution in [0.4, 0.5) is 37.8 Å². The van der Waals surface area contributed by atoms with E-state index in [1.54, 1.807) is 6.07 Å². The zero-order valence-electron chi connectivity index (χ0n) is 22.1. The highest BCUT2D eigenvalue weighted by Crippen LogP contribution is 2.37. The van der Waals surface area contributed by atoms with E-state index in [2.05, 4.69) is 25.2 Å². The summed E-state index contributed by atoms with van der Waals surface area (Å²) in [5.74, 6) is 0.210. The molecule has 0 radical (unpaired) electrons. The summed E-state index contributed by atoms with van der Waals surface area (Å²) in [5, 5.41) is 3.50. The molecule has 0 spiro atoms. The molecule has 0 bridgehead atoms. The van der Waals surface area contributed by atoms with E-state index in [0.717, 1.165) is 18.2 Å². The number of carbonyl (C=O) groups is 1. The number of piperidine rings is 1. The normalized spacial score (nSPS) is 15.2. The summed E-state index contributed by atoms with van der Waals surface area (Å²) in [7, 11) is 0. The van der Waals surface area contributed by atoms with Gasteiger partial charge in [0.2, 0.25) is 5.91 Å². The minimum absolute atomic E-state index is 0.163. The molecule has 1 fully saturated rings. The Balaban J connectivity index is 1.49. The molecule has 1 amide bonds. The van der Waals surface area contributed by atoms with Crippen molar-refractivity contribution in [1.29, 1.82) is 0 Å². The molecule has 3 N–H and O–H groups in total. The van der Waals surface area contributed by atoms with Gasteiger partial charge in [0, 0.05) is 41.7 Å². The van der Waals surface area contributed by atoms with Gasteiger partial charge in [-0.3, -0.25) is 9.78 Å². The number of anilines is 2. The second-order valence-electron chi connectivity index (χ2n) is 10.1. The van der Waals surface area contributed by atoms with Gasteiger partial charge in [-0.15, -0.1) is 0 Å². The molecule has 0 saturated carbocycles. The van der Waals surface area contributed by atoms with E-state index in [1.165, 1.54) is 36.5 Å². The minimum atomic E-state index is -4.62. The van der Waals surface area contributed by atoms with E-state index in [9.17, 15) is 31.1 Å². The smallest absolute Gasteiger partial charge is 0.369 e. The Bertz CT molecular complexity index is 1580. The van der Waals surface area contributed by atoms with E-state index in [4.69, 9.17) is 5.73 Å². The number of rotatable bonds is 7. The molecule has 7 nitrogen and oxygen atoms in total. The van der Waals surface area contributed by atoms with Crippen molar-refractivity contribution in [2.24, 2.45) is 11.7 Å². The summed E-state index contributed by atoms with van der Waals surface area (Å²) in [5.41, 5.74) is 4.37. The van der Waals surface area contributed by atoms with E-state index >= 15 is 0 Å². The lowest BCUT2D eigenvalue weighted by molar-refractivity contribution is -0.138. The molecule has 0 aliphatic carbocycles. The number of aromatic nitrogens is 3. The van der Waals surface area contributed by atoms with Gasteiger partial charge in [-0.1, -0.05) is 6.07 Å². The van der Waals surface area contributed by atoms with Crippen LogP contribution in [-0.2, 0) is 23.6 Å². The van der Waals surface area contributed by atoms with Crippen LogP contribution in [0.15, 0.2) is 60.8 Å². The van der Waals surface area contributed by atoms with Crippen LogP contribution in [0.3, 0.4) is 0 Å². The summed E-state index contributed by atoms with van der Waals surface area (Å²) in [6, 6.07) is 11.1. The van der Waals surface area contributed by atoms with Gasteiger partial charge in [0.25, 0.3) is 0 Å². The molecule has 2 aromatic carbocycles. The number of fused-ring (bicyclic) bond motifs is 1. The van der Waals surface area contributed by atoms with Crippen molar-refractivity contribution in [3.63, 3.8) is 0 Å². The maximum atomic E-state index is 13.7. The first-order valence-corrected chi connectivity index (χ1v) is 13.2. The average Bonchev–Trinajstić information content (AvgIpc) is 2.95. The molecule has 1 saturated heterocycles. The maximum absolute atomic E-state index is 13.7. The number of hydrogen-bond donors (Lipinski definition) is 2. The quantitative estimate of drug-likeness (QED) is 0.249. The number of primary amides is 1. The lowest BCUT2D eigenvalue weighted by Crippen LogP contribution is -2.39. The number of likely N-dealkylation sites (tertiary alicyclic amines) is 1. The average molecular weight is 589 g/mol. The van der Waals surface area contributed by atoms with Gasteiger partial charge in [-0.2, -0.15) is 26.3 Å².